The second kappa shape index (κ2) is 5.70. The lowest BCUT2D eigenvalue weighted by atomic mass is 10.1. The van der Waals surface area contributed by atoms with Gasteiger partial charge in [0.2, 0.25) is 5.82 Å². The summed E-state index contributed by atoms with van der Waals surface area (Å²) in [7, 11) is 0. The summed E-state index contributed by atoms with van der Waals surface area (Å²) in [6, 6.07) is 13.7. The van der Waals surface area contributed by atoms with Gasteiger partial charge in [0.25, 0.3) is 0 Å². The zero-order valence-corrected chi connectivity index (χ0v) is 13.4. The number of alkyl halides is 3. The molecular weight excluding hydrogens is 353 g/mol. The molecular formula is C17H10ClF3N4. The Morgan fingerprint density at radius 1 is 1.00 bits per heavy atom. The van der Waals surface area contributed by atoms with Crippen molar-refractivity contribution in [2.75, 3.05) is 0 Å². The highest BCUT2D eigenvalue weighted by molar-refractivity contribution is 6.33. The fourth-order valence-electron chi connectivity index (χ4n) is 2.69. The lowest BCUT2D eigenvalue weighted by molar-refractivity contribution is -0.144. The molecule has 2 heterocycles. The monoisotopic (exact) mass is 362 g/mol. The van der Waals surface area contributed by atoms with Gasteiger partial charge in [-0.2, -0.15) is 13.2 Å². The molecule has 0 spiro atoms. The molecule has 0 saturated heterocycles. The predicted molar refractivity (Wildman–Crippen MR) is 88.4 cm³/mol. The molecule has 0 aliphatic carbocycles. The summed E-state index contributed by atoms with van der Waals surface area (Å²) in [6.07, 6.45) is -3.25. The van der Waals surface area contributed by atoms with Crippen molar-refractivity contribution in [3.8, 4) is 0 Å². The molecule has 0 amide bonds. The molecule has 126 valence electrons. The lowest BCUT2D eigenvalue weighted by Gasteiger charge is -2.08. The van der Waals surface area contributed by atoms with Crippen LogP contribution in [0.25, 0.3) is 21.9 Å². The van der Waals surface area contributed by atoms with Crippen LogP contribution in [0.5, 0.6) is 0 Å². The van der Waals surface area contributed by atoms with E-state index in [1.165, 1.54) is 10.9 Å². The maximum Gasteiger partial charge on any atom is 0.451 e. The van der Waals surface area contributed by atoms with Gasteiger partial charge in [-0.05, 0) is 22.4 Å². The van der Waals surface area contributed by atoms with Crippen molar-refractivity contribution in [3.63, 3.8) is 0 Å². The Hall–Kier alpha value is -2.67. The van der Waals surface area contributed by atoms with Crippen LogP contribution in [0.3, 0.4) is 0 Å². The third-order valence-corrected chi connectivity index (χ3v) is 4.11. The Morgan fingerprint density at radius 3 is 2.52 bits per heavy atom. The Kier molecular flexibility index (Phi) is 3.61. The Bertz CT molecular complexity index is 1090. The van der Waals surface area contributed by atoms with Crippen LogP contribution < -0.4 is 0 Å². The van der Waals surface area contributed by atoms with E-state index in [1.807, 2.05) is 42.5 Å². The third kappa shape index (κ3) is 2.91. The summed E-state index contributed by atoms with van der Waals surface area (Å²) in [4.78, 5) is 10.9. The first-order chi connectivity index (χ1) is 11.9. The molecule has 0 aliphatic rings. The van der Waals surface area contributed by atoms with Crippen molar-refractivity contribution in [2.24, 2.45) is 0 Å². The summed E-state index contributed by atoms with van der Waals surface area (Å²) in [5.41, 5.74) is 1.12. The van der Waals surface area contributed by atoms with E-state index in [1.54, 1.807) is 0 Å². The summed E-state index contributed by atoms with van der Waals surface area (Å²) in [5, 5.41) is 1.83. The van der Waals surface area contributed by atoms with Gasteiger partial charge in [-0.3, -0.25) is 0 Å². The Morgan fingerprint density at radius 2 is 1.76 bits per heavy atom. The smallest absolute Gasteiger partial charge is 0.311 e. The zero-order chi connectivity index (χ0) is 17.6. The Labute approximate surface area is 144 Å². The normalized spacial score (nSPS) is 12.2. The highest BCUT2D eigenvalue weighted by atomic mass is 35.5. The Balaban J connectivity index is 1.79. The van der Waals surface area contributed by atoms with Crippen LogP contribution in [0.4, 0.5) is 13.2 Å². The molecule has 4 aromatic rings. The number of benzene rings is 2. The summed E-state index contributed by atoms with van der Waals surface area (Å²) in [6.45, 7) is 0.325. The van der Waals surface area contributed by atoms with E-state index >= 15 is 0 Å². The minimum absolute atomic E-state index is 0.0560. The highest BCUT2D eigenvalue weighted by Gasteiger charge is 2.36. The first kappa shape index (κ1) is 15.8. The number of nitrogens with zero attached hydrogens (tertiary/aromatic N) is 4. The van der Waals surface area contributed by atoms with Crippen LogP contribution in [-0.4, -0.2) is 19.5 Å². The first-order valence-corrected chi connectivity index (χ1v) is 7.73. The molecule has 0 unspecified atom stereocenters. The fourth-order valence-corrected chi connectivity index (χ4v) is 2.90. The third-order valence-electron chi connectivity index (χ3n) is 3.84. The van der Waals surface area contributed by atoms with Crippen LogP contribution in [-0.2, 0) is 12.7 Å². The average Bonchev–Trinajstić information content (AvgIpc) is 2.97. The quantitative estimate of drug-likeness (QED) is 0.485. The van der Waals surface area contributed by atoms with E-state index in [0.717, 1.165) is 16.3 Å². The van der Waals surface area contributed by atoms with Gasteiger partial charge in [0.15, 0.2) is 10.8 Å². The van der Waals surface area contributed by atoms with E-state index in [2.05, 4.69) is 15.0 Å². The number of fused-ring (bicyclic) bond motifs is 2. The summed E-state index contributed by atoms with van der Waals surface area (Å²) >= 11 is 5.84. The molecule has 0 fully saturated rings. The fraction of sp³-hybridized carbons (Fsp3) is 0.118. The standard InChI is InChI=1S/C17H10ClF3N4/c18-14-13-15(24-16(23-14)17(19,20)21)25(9-22-13)8-10-5-6-11-3-1-2-4-12(11)7-10/h1-7,9H,8H2. The second-order valence-corrected chi connectivity index (χ2v) is 5.92. The molecule has 4 nitrogen and oxygen atoms in total. The second-order valence-electron chi connectivity index (χ2n) is 5.56. The summed E-state index contributed by atoms with van der Waals surface area (Å²) < 4.78 is 40.3. The average molecular weight is 363 g/mol. The van der Waals surface area contributed by atoms with Gasteiger partial charge in [-0.25, -0.2) is 15.0 Å². The largest absolute Gasteiger partial charge is 0.451 e. The molecule has 2 aromatic heterocycles. The van der Waals surface area contributed by atoms with Crippen molar-refractivity contribution < 1.29 is 13.2 Å². The molecule has 0 bridgehead atoms. The van der Waals surface area contributed by atoms with Crippen LogP contribution in [0, 0.1) is 0 Å². The molecule has 0 N–H and O–H groups in total. The van der Waals surface area contributed by atoms with Gasteiger partial charge >= 0.3 is 6.18 Å². The molecule has 0 aliphatic heterocycles. The van der Waals surface area contributed by atoms with E-state index < -0.39 is 12.0 Å². The number of rotatable bonds is 2. The number of aromatic nitrogens is 4. The molecule has 8 heteroatoms. The molecule has 25 heavy (non-hydrogen) atoms. The lowest BCUT2D eigenvalue weighted by Crippen LogP contribution is -2.12. The van der Waals surface area contributed by atoms with Gasteiger partial charge in [-0.1, -0.05) is 48.0 Å². The van der Waals surface area contributed by atoms with E-state index in [9.17, 15) is 13.2 Å². The van der Waals surface area contributed by atoms with Crippen LogP contribution in [0.1, 0.15) is 11.4 Å². The topological polar surface area (TPSA) is 43.6 Å². The SMILES string of the molecule is FC(F)(F)c1nc(Cl)c2ncn(Cc3ccc4ccccc4c3)c2n1. The van der Waals surface area contributed by atoms with E-state index in [-0.39, 0.29) is 16.3 Å². The first-order valence-electron chi connectivity index (χ1n) is 7.35. The molecule has 0 saturated carbocycles. The maximum absolute atomic E-state index is 12.9. The number of imidazole rings is 1. The van der Waals surface area contributed by atoms with Crippen molar-refractivity contribution in [2.45, 2.75) is 12.7 Å². The van der Waals surface area contributed by atoms with Crippen LogP contribution in [0.15, 0.2) is 48.8 Å². The maximum atomic E-state index is 12.9. The number of hydrogen-bond acceptors (Lipinski definition) is 3. The van der Waals surface area contributed by atoms with Crippen molar-refractivity contribution in [3.05, 3.63) is 65.3 Å². The van der Waals surface area contributed by atoms with Crippen LogP contribution >= 0.6 is 11.6 Å². The van der Waals surface area contributed by atoms with Crippen molar-refractivity contribution >= 4 is 33.5 Å². The molecule has 0 radical (unpaired) electrons. The predicted octanol–water partition coefficient (Wildman–Crippen LogP) is 4.70. The highest BCUT2D eigenvalue weighted by Crippen LogP contribution is 2.30. The zero-order valence-electron chi connectivity index (χ0n) is 12.6. The van der Waals surface area contributed by atoms with Crippen molar-refractivity contribution in [1.29, 1.82) is 0 Å². The van der Waals surface area contributed by atoms with Gasteiger partial charge in [0.05, 0.1) is 12.9 Å². The molecule has 0 atom stereocenters. The van der Waals surface area contributed by atoms with Crippen molar-refractivity contribution in [1.82, 2.24) is 19.5 Å². The minimum atomic E-state index is -4.67. The molecule has 4 rings (SSSR count). The summed E-state index contributed by atoms with van der Waals surface area (Å²) in [5.74, 6) is -1.27. The van der Waals surface area contributed by atoms with Gasteiger partial charge in [0, 0.05) is 0 Å². The number of hydrogen-bond donors (Lipinski definition) is 0. The van der Waals surface area contributed by atoms with E-state index in [0.29, 0.717) is 6.54 Å². The van der Waals surface area contributed by atoms with Crippen LogP contribution in [0.2, 0.25) is 5.15 Å². The van der Waals surface area contributed by atoms with E-state index in [4.69, 9.17) is 11.6 Å². The van der Waals surface area contributed by atoms with Gasteiger partial charge in [-0.15, -0.1) is 0 Å². The number of halogens is 4. The van der Waals surface area contributed by atoms with Gasteiger partial charge in [0.1, 0.15) is 5.52 Å². The molecule has 2 aromatic carbocycles. The van der Waals surface area contributed by atoms with Gasteiger partial charge < -0.3 is 4.57 Å². The minimum Gasteiger partial charge on any atom is -0.311 e.